The van der Waals surface area contributed by atoms with Crippen LogP contribution in [0.3, 0.4) is 0 Å². The molecule has 3 aromatic heterocycles. The molecule has 10 nitrogen and oxygen atoms in total. The number of fused-ring (bicyclic) bond motifs is 1. The zero-order valence-corrected chi connectivity index (χ0v) is 16.0. The number of aromatic nitrogens is 5. The van der Waals surface area contributed by atoms with E-state index in [0.29, 0.717) is 11.5 Å². The quantitative estimate of drug-likeness (QED) is 0.439. The number of carbonyl (C=O) groups is 2. The van der Waals surface area contributed by atoms with Gasteiger partial charge in [-0.3, -0.25) is 14.7 Å². The molecule has 0 bridgehead atoms. The molecule has 1 aliphatic rings. The summed E-state index contributed by atoms with van der Waals surface area (Å²) in [6, 6.07) is 8.70. The maximum Gasteiger partial charge on any atom is 0.273 e. The Morgan fingerprint density at radius 2 is 2.03 bits per heavy atom. The van der Waals surface area contributed by atoms with Gasteiger partial charge in [-0.2, -0.15) is 5.10 Å². The number of imidazole rings is 1. The normalized spacial score (nSPS) is 13.2. The first kappa shape index (κ1) is 18.7. The Hall–Kier alpha value is -4.28. The smallest absolute Gasteiger partial charge is 0.273 e. The number of rotatable bonds is 6. The van der Waals surface area contributed by atoms with Crippen molar-refractivity contribution < 1.29 is 18.7 Å². The van der Waals surface area contributed by atoms with Crippen LogP contribution >= 0.6 is 0 Å². The number of anilines is 2. The SMILES string of the molecule is O=C(Nc1cc(Oc2ccc3nc(NC(=O)C4CC4)cn3n2)ccc1F)c1ccn[nH]1. The Labute approximate surface area is 174 Å². The van der Waals surface area contributed by atoms with Crippen molar-refractivity contribution in [1.82, 2.24) is 24.8 Å². The molecule has 0 unspecified atom stereocenters. The number of hydrogen-bond donors (Lipinski definition) is 3. The van der Waals surface area contributed by atoms with Crippen LogP contribution in [0.5, 0.6) is 11.6 Å². The number of ether oxygens (including phenoxy) is 1. The van der Waals surface area contributed by atoms with Crippen LogP contribution in [-0.2, 0) is 4.79 Å². The summed E-state index contributed by atoms with van der Waals surface area (Å²) < 4.78 is 21.3. The molecule has 0 atom stereocenters. The van der Waals surface area contributed by atoms with E-state index in [9.17, 15) is 14.0 Å². The van der Waals surface area contributed by atoms with Crippen molar-refractivity contribution in [3.8, 4) is 11.6 Å². The van der Waals surface area contributed by atoms with Gasteiger partial charge in [-0.25, -0.2) is 13.9 Å². The number of hydrogen-bond acceptors (Lipinski definition) is 6. The number of carbonyl (C=O) groups excluding carboxylic acids is 2. The molecule has 11 heteroatoms. The van der Waals surface area contributed by atoms with Gasteiger partial charge in [-0.15, -0.1) is 5.10 Å². The second-order valence-electron chi connectivity index (χ2n) is 7.03. The third kappa shape index (κ3) is 4.06. The average molecular weight is 421 g/mol. The van der Waals surface area contributed by atoms with Crippen LogP contribution in [-0.4, -0.2) is 36.6 Å². The molecule has 0 radical (unpaired) electrons. The highest BCUT2D eigenvalue weighted by molar-refractivity contribution is 6.02. The predicted octanol–water partition coefficient (Wildman–Crippen LogP) is 2.98. The molecule has 5 rings (SSSR count). The lowest BCUT2D eigenvalue weighted by Crippen LogP contribution is -2.13. The van der Waals surface area contributed by atoms with Crippen molar-refractivity contribution in [2.45, 2.75) is 12.8 Å². The average Bonchev–Trinajstić information content (AvgIpc) is 3.30. The van der Waals surface area contributed by atoms with E-state index in [2.05, 4.69) is 30.9 Å². The minimum Gasteiger partial charge on any atom is -0.438 e. The van der Waals surface area contributed by atoms with Gasteiger partial charge >= 0.3 is 0 Å². The van der Waals surface area contributed by atoms with Gasteiger partial charge in [0.05, 0.1) is 11.9 Å². The van der Waals surface area contributed by atoms with Crippen molar-refractivity contribution in [2.75, 3.05) is 10.6 Å². The number of benzene rings is 1. The van der Waals surface area contributed by atoms with E-state index in [1.165, 1.54) is 35.0 Å². The van der Waals surface area contributed by atoms with Gasteiger partial charge in [0, 0.05) is 24.2 Å². The molecule has 3 heterocycles. The lowest BCUT2D eigenvalue weighted by atomic mass is 10.2. The first-order chi connectivity index (χ1) is 15.0. The van der Waals surface area contributed by atoms with Crippen molar-refractivity contribution in [1.29, 1.82) is 0 Å². The van der Waals surface area contributed by atoms with Crippen LogP contribution in [0.4, 0.5) is 15.9 Å². The maximum absolute atomic E-state index is 14.1. The Morgan fingerprint density at radius 1 is 1.16 bits per heavy atom. The van der Waals surface area contributed by atoms with Gasteiger partial charge in [-0.05, 0) is 37.1 Å². The molecular weight excluding hydrogens is 405 g/mol. The molecule has 0 saturated heterocycles. The highest BCUT2D eigenvalue weighted by atomic mass is 19.1. The van der Waals surface area contributed by atoms with E-state index >= 15 is 0 Å². The molecule has 31 heavy (non-hydrogen) atoms. The molecule has 0 aliphatic heterocycles. The van der Waals surface area contributed by atoms with Crippen LogP contribution < -0.4 is 15.4 Å². The zero-order chi connectivity index (χ0) is 21.4. The summed E-state index contributed by atoms with van der Waals surface area (Å²) in [7, 11) is 0. The van der Waals surface area contributed by atoms with Crippen molar-refractivity contribution in [2.24, 2.45) is 5.92 Å². The van der Waals surface area contributed by atoms with Crippen LogP contribution in [0.1, 0.15) is 23.3 Å². The molecule has 1 aliphatic carbocycles. The first-order valence-corrected chi connectivity index (χ1v) is 9.50. The van der Waals surface area contributed by atoms with Gasteiger partial charge in [-0.1, -0.05) is 0 Å². The summed E-state index contributed by atoms with van der Waals surface area (Å²) in [6.07, 6.45) is 4.81. The number of nitrogens with one attached hydrogen (secondary N) is 3. The number of aromatic amines is 1. The molecule has 156 valence electrons. The second-order valence-corrected chi connectivity index (χ2v) is 7.03. The molecule has 1 fully saturated rings. The van der Waals surface area contributed by atoms with Gasteiger partial charge in [0.25, 0.3) is 5.91 Å². The van der Waals surface area contributed by atoms with Crippen molar-refractivity contribution in [3.05, 3.63) is 60.3 Å². The standard InChI is InChI=1S/C20H16FN7O3/c21-13-4-3-12(9-15(13)23-20(30)14-7-8-22-26-14)31-18-6-5-17-24-16(10-28(17)27-18)25-19(29)11-1-2-11/h3-11H,1-2H2,(H,22,26)(H,23,30)(H,25,29). The molecule has 2 amide bonds. The third-order valence-corrected chi connectivity index (χ3v) is 4.65. The fraction of sp³-hybridized carbons (Fsp3) is 0.150. The van der Waals surface area contributed by atoms with Gasteiger partial charge < -0.3 is 15.4 Å². The minimum atomic E-state index is -0.616. The monoisotopic (exact) mass is 421 g/mol. The van der Waals surface area contributed by atoms with Crippen molar-refractivity contribution >= 4 is 29.0 Å². The summed E-state index contributed by atoms with van der Waals surface area (Å²) in [6.45, 7) is 0. The summed E-state index contributed by atoms with van der Waals surface area (Å²) >= 11 is 0. The van der Waals surface area contributed by atoms with E-state index in [1.54, 1.807) is 18.3 Å². The van der Waals surface area contributed by atoms with Gasteiger partial charge in [0.15, 0.2) is 11.5 Å². The minimum absolute atomic E-state index is 0.0455. The highest BCUT2D eigenvalue weighted by Crippen LogP contribution is 2.30. The predicted molar refractivity (Wildman–Crippen MR) is 107 cm³/mol. The zero-order valence-electron chi connectivity index (χ0n) is 16.0. The number of halogens is 1. The molecule has 4 aromatic rings. The molecular formula is C20H16FN7O3. The fourth-order valence-electron chi connectivity index (χ4n) is 2.91. The lowest BCUT2D eigenvalue weighted by molar-refractivity contribution is -0.117. The van der Waals surface area contributed by atoms with Crippen LogP contribution in [0.25, 0.3) is 5.65 Å². The van der Waals surface area contributed by atoms with Gasteiger partial charge in [0.1, 0.15) is 17.3 Å². The third-order valence-electron chi connectivity index (χ3n) is 4.65. The van der Waals surface area contributed by atoms with E-state index in [1.807, 2.05) is 0 Å². The van der Waals surface area contributed by atoms with E-state index in [-0.39, 0.29) is 34.8 Å². The number of H-pyrrole nitrogens is 1. The van der Waals surface area contributed by atoms with Crippen LogP contribution in [0, 0.1) is 11.7 Å². The second kappa shape index (κ2) is 7.52. The summed E-state index contributed by atoms with van der Waals surface area (Å²) in [5.41, 5.74) is 0.679. The number of amides is 2. The Morgan fingerprint density at radius 3 is 2.81 bits per heavy atom. The Bertz CT molecular complexity index is 1280. The number of nitrogens with zero attached hydrogens (tertiary/aromatic N) is 4. The van der Waals surface area contributed by atoms with Crippen LogP contribution in [0.2, 0.25) is 0 Å². The van der Waals surface area contributed by atoms with E-state index in [0.717, 1.165) is 12.8 Å². The molecule has 0 spiro atoms. The van der Waals surface area contributed by atoms with E-state index in [4.69, 9.17) is 4.74 Å². The summed E-state index contributed by atoms with van der Waals surface area (Å²) in [4.78, 5) is 28.3. The van der Waals surface area contributed by atoms with Crippen molar-refractivity contribution in [3.63, 3.8) is 0 Å². The fourth-order valence-corrected chi connectivity index (χ4v) is 2.91. The van der Waals surface area contributed by atoms with Crippen LogP contribution in [0.15, 0.2) is 48.8 Å². The summed E-state index contributed by atoms with van der Waals surface area (Å²) in [5.74, 6) is -0.222. The lowest BCUT2D eigenvalue weighted by Gasteiger charge is -2.09. The maximum atomic E-state index is 14.1. The first-order valence-electron chi connectivity index (χ1n) is 9.50. The molecule has 3 N–H and O–H groups in total. The Balaban J connectivity index is 1.32. The highest BCUT2D eigenvalue weighted by Gasteiger charge is 2.30. The Kier molecular flexibility index (Phi) is 4.54. The molecule has 1 saturated carbocycles. The molecule has 1 aromatic carbocycles. The summed E-state index contributed by atoms with van der Waals surface area (Å²) in [5, 5.41) is 15.7. The topological polar surface area (TPSA) is 126 Å². The van der Waals surface area contributed by atoms with E-state index < -0.39 is 11.7 Å². The largest absolute Gasteiger partial charge is 0.438 e. The van der Waals surface area contributed by atoms with Gasteiger partial charge in [0.2, 0.25) is 11.8 Å².